The molecule has 8 nitrogen and oxygen atoms in total. The van der Waals surface area contributed by atoms with Crippen molar-refractivity contribution in [3.8, 4) is 5.75 Å². The first-order valence-electron chi connectivity index (χ1n) is 15.8. The van der Waals surface area contributed by atoms with Crippen LogP contribution in [0.25, 0.3) is 0 Å². The van der Waals surface area contributed by atoms with Crippen LogP contribution in [0.3, 0.4) is 0 Å². The van der Waals surface area contributed by atoms with E-state index in [4.69, 9.17) is 4.74 Å². The Balaban J connectivity index is 2.12. The number of phenolic OH excluding ortho intramolecular Hbond substituents is 1. The number of alkyl carbamates (subject to hydrolysis) is 1. The molecule has 2 unspecified atom stereocenters. The molecule has 3 N–H and O–H groups in total. The summed E-state index contributed by atoms with van der Waals surface area (Å²) in [6.45, 7) is 13.5. The van der Waals surface area contributed by atoms with E-state index in [1.165, 1.54) is 0 Å². The molecule has 3 amide bonds. The Kier molecular flexibility index (Phi) is 12.6. The lowest BCUT2D eigenvalue weighted by Crippen LogP contribution is -2.53. The van der Waals surface area contributed by atoms with Crippen molar-refractivity contribution in [2.45, 2.75) is 98.3 Å². The predicted octanol–water partition coefficient (Wildman–Crippen LogP) is 7.54. The van der Waals surface area contributed by atoms with Crippen molar-refractivity contribution in [3.05, 3.63) is 94.5 Å². The molecule has 0 aliphatic heterocycles. The van der Waals surface area contributed by atoms with Gasteiger partial charge in [-0.25, -0.2) is 4.79 Å². The molecule has 0 spiro atoms. The zero-order valence-corrected chi connectivity index (χ0v) is 27.8. The number of aromatic hydroxyl groups is 1. The number of aryl methyl sites for hydroxylation is 3. The predicted molar refractivity (Wildman–Crippen MR) is 179 cm³/mol. The molecule has 242 valence electrons. The zero-order valence-electron chi connectivity index (χ0n) is 27.8. The lowest BCUT2D eigenvalue weighted by molar-refractivity contribution is -0.140. The Morgan fingerprint density at radius 1 is 0.889 bits per heavy atom. The molecule has 0 bridgehead atoms. The van der Waals surface area contributed by atoms with Crippen molar-refractivity contribution in [2.75, 3.05) is 11.9 Å². The van der Waals surface area contributed by atoms with Crippen LogP contribution in [0.5, 0.6) is 5.75 Å². The molecule has 0 aliphatic rings. The third-order valence-electron chi connectivity index (χ3n) is 7.59. The third-order valence-corrected chi connectivity index (χ3v) is 7.59. The number of carbonyl (C=O) groups is 3. The van der Waals surface area contributed by atoms with E-state index in [1.54, 1.807) is 49.9 Å². The van der Waals surface area contributed by atoms with E-state index in [2.05, 4.69) is 17.6 Å². The van der Waals surface area contributed by atoms with Gasteiger partial charge in [0.25, 0.3) is 5.91 Å². The molecular weight excluding hydrogens is 566 g/mol. The van der Waals surface area contributed by atoms with Crippen LogP contribution in [0.2, 0.25) is 0 Å². The summed E-state index contributed by atoms with van der Waals surface area (Å²) in [6, 6.07) is 18.0. The van der Waals surface area contributed by atoms with Gasteiger partial charge in [0.15, 0.2) is 0 Å². The average Bonchev–Trinajstić information content (AvgIpc) is 2.97. The van der Waals surface area contributed by atoms with Gasteiger partial charge in [0.05, 0.1) is 0 Å². The minimum absolute atomic E-state index is 0.0992. The van der Waals surface area contributed by atoms with Gasteiger partial charge >= 0.3 is 6.09 Å². The van der Waals surface area contributed by atoms with Gasteiger partial charge in [0.1, 0.15) is 23.4 Å². The van der Waals surface area contributed by atoms with Gasteiger partial charge in [-0.3, -0.25) is 9.59 Å². The van der Waals surface area contributed by atoms with Crippen LogP contribution in [-0.4, -0.2) is 46.1 Å². The van der Waals surface area contributed by atoms with E-state index in [0.29, 0.717) is 18.7 Å². The number of ether oxygens (including phenoxy) is 1. The number of phenols is 1. The van der Waals surface area contributed by atoms with E-state index in [0.717, 1.165) is 47.1 Å². The number of anilines is 1. The summed E-state index contributed by atoms with van der Waals surface area (Å²) in [5.41, 5.74) is 4.12. The Morgan fingerprint density at radius 3 is 2.22 bits per heavy atom. The summed E-state index contributed by atoms with van der Waals surface area (Å²) in [7, 11) is 0. The Labute approximate surface area is 268 Å². The van der Waals surface area contributed by atoms with E-state index in [-0.39, 0.29) is 18.1 Å². The molecule has 0 fully saturated rings. The van der Waals surface area contributed by atoms with E-state index < -0.39 is 29.7 Å². The van der Waals surface area contributed by atoms with Gasteiger partial charge in [-0.15, -0.1) is 0 Å². The quantitative estimate of drug-likeness (QED) is 0.172. The second-order valence-corrected chi connectivity index (χ2v) is 12.7. The smallest absolute Gasteiger partial charge is 0.408 e. The molecule has 0 saturated heterocycles. The number of hydrogen-bond donors (Lipinski definition) is 3. The van der Waals surface area contributed by atoms with Crippen molar-refractivity contribution < 1.29 is 24.2 Å². The van der Waals surface area contributed by atoms with Crippen LogP contribution < -0.4 is 10.6 Å². The molecule has 0 heterocycles. The molecule has 0 aliphatic carbocycles. The van der Waals surface area contributed by atoms with Crippen LogP contribution in [0.4, 0.5) is 10.5 Å². The molecule has 3 rings (SSSR count). The summed E-state index contributed by atoms with van der Waals surface area (Å²) in [6.07, 6.45) is 3.02. The molecule has 0 aromatic heterocycles. The number of para-hydroxylation sites is 1. The summed E-state index contributed by atoms with van der Waals surface area (Å²) < 4.78 is 5.55. The Hall–Kier alpha value is -4.33. The number of amides is 3. The highest BCUT2D eigenvalue weighted by Crippen LogP contribution is 2.29. The van der Waals surface area contributed by atoms with Crippen LogP contribution in [-0.2, 0) is 20.7 Å². The molecule has 0 radical (unpaired) electrons. The minimum Gasteiger partial charge on any atom is -0.508 e. The van der Waals surface area contributed by atoms with Crippen molar-refractivity contribution >= 4 is 23.6 Å². The molecule has 2 atom stereocenters. The van der Waals surface area contributed by atoms with Crippen LogP contribution in [0, 0.1) is 20.8 Å². The summed E-state index contributed by atoms with van der Waals surface area (Å²) >= 11 is 0. The van der Waals surface area contributed by atoms with Crippen LogP contribution in [0.15, 0.2) is 66.7 Å². The van der Waals surface area contributed by atoms with Crippen LogP contribution >= 0.6 is 0 Å². The van der Waals surface area contributed by atoms with E-state index in [9.17, 15) is 19.5 Å². The van der Waals surface area contributed by atoms with Gasteiger partial charge in [-0.2, -0.15) is 0 Å². The fourth-order valence-electron chi connectivity index (χ4n) is 5.21. The summed E-state index contributed by atoms with van der Waals surface area (Å²) in [4.78, 5) is 43.8. The maximum atomic E-state index is 14.7. The maximum absolute atomic E-state index is 14.7. The Bertz CT molecular complexity index is 1450. The molecule has 3 aromatic carbocycles. The molecule has 0 saturated carbocycles. The maximum Gasteiger partial charge on any atom is 0.408 e. The van der Waals surface area contributed by atoms with Crippen molar-refractivity contribution in [1.29, 1.82) is 0 Å². The van der Waals surface area contributed by atoms with E-state index in [1.807, 2.05) is 63.2 Å². The topological polar surface area (TPSA) is 108 Å². The van der Waals surface area contributed by atoms with Crippen LogP contribution in [0.1, 0.15) is 87.2 Å². The molecule has 8 heteroatoms. The molecular formula is C37H49N3O5. The fourth-order valence-corrected chi connectivity index (χ4v) is 5.21. The van der Waals surface area contributed by atoms with Crippen molar-refractivity contribution in [1.82, 2.24) is 10.2 Å². The molecule has 3 aromatic rings. The van der Waals surface area contributed by atoms with Gasteiger partial charge < -0.3 is 25.4 Å². The van der Waals surface area contributed by atoms with Gasteiger partial charge in [-0.05, 0) is 88.4 Å². The molecule has 45 heavy (non-hydrogen) atoms. The highest BCUT2D eigenvalue weighted by atomic mass is 16.6. The fraction of sp³-hybridized carbons (Fsp3) is 0.432. The normalized spacial score (nSPS) is 12.6. The number of nitrogens with one attached hydrogen (secondary N) is 2. The number of nitrogens with zero attached hydrogens (tertiary/aromatic N) is 1. The number of benzene rings is 3. The van der Waals surface area contributed by atoms with Gasteiger partial charge in [0.2, 0.25) is 5.91 Å². The minimum atomic E-state index is -1.03. The number of unbranched alkanes of at least 4 members (excludes halogenated alkanes) is 3. The first-order valence-corrected chi connectivity index (χ1v) is 15.8. The number of rotatable bonds is 13. The SMILES string of the molecule is CCCCCCN(C(=O)C(Cc1ccc(O)cc1)NC(=O)OC(C)(C)C)C(C(=O)Nc1ccccc1C)c1cc(C)ccc1C. The zero-order chi connectivity index (χ0) is 33.1. The summed E-state index contributed by atoms with van der Waals surface area (Å²) in [5, 5.41) is 15.7. The Morgan fingerprint density at radius 2 is 1.58 bits per heavy atom. The first kappa shape index (κ1) is 35.2. The first-order chi connectivity index (χ1) is 21.3. The van der Waals surface area contributed by atoms with Crippen molar-refractivity contribution in [2.24, 2.45) is 0 Å². The lowest BCUT2D eigenvalue weighted by Gasteiger charge is -2.35. The van der Waals surface area contributed by atoms with Gasteiger partial charge in [-0.1, -0.05) is 80.3 Å². The highest BCUT2D eigenvalue weighted by molar-refractivity contribution is 5.99. The highest BCUT2D eigenvalue weighted by Gasteiger charge is 2.37. The second kappa shape index (κ2) is 16.1. The second-order valence-electron chi connectivity index (χ2n) is 12.7. The standard InChI is InChI=1S/C37H49N3O5/c1-8-9-10-13-22-40(35(43)32(39-36(44)45-37(5,6)7)24-28-18-20-29(41)21-19-28)33(30-23-25(2)16-17-26(30)3)34(42)38-31-15-12-11-14-27(31)4/h11-12,14-21,23,32-33,41H,8-10,13,22,24H2,1-7H3,(H,38,42)(H,39,44). The lowest BCUT2D eigenvalue weighted by atomic mass is 9.95. The number of carbonyl (C=O) groups excluding carboxylic acids is 3. The number of hydrogen-bond acceptors (Lipinski definition) is 5. The van der Waals surface area contributed by atoms with Crippen molar-refractivity contribution in [3.63, 3.8) is 0 Å². The van der Waals surface area contributed by atoms with E-state index >= 15 is 0 Å². The largest absolute Gasteiger partial charge is 0.508 e. The monoisotopic (exact) mass is 615 g/mol. The summed E-state index contributed by atoms with van der Waals surface area (Å²) in [5.74, 6) is -0.624. The average molecular weight is 616 g/mol. The third kappa shape index (κ3) is 10.7. The van der Waals surface area contributed by atoms with Gasteiger partial charge in [0, 0.05) is 18.7 Å².